The van der Waals surface area contributed by atoms with E-state index in [1.54, 1.807) is 19.2 Å². The lowest BCUT2D eigenvalue weighted by molar-refractivity contribution is -0.119. The van der Waals surface area contributed by atoms with Crippen LogP contribution >= 0.6 is 30.8 Å². The number of thiophene rings is 1. The van der Waals surface area contributed by atoms with E-state index < -0.39 is 37.1 Å². The highest BCUT2D eigenvalue weighted by Gasteiger charge is 2.54. The summed E-state index contributed by atoms with van der Waals surface area (Å²) >= 11 is 2.20. The van der Waals surface area contributed by atoms with Gasteiger partial charge in [0.05, 0.1) is 41.0 Å². The van der Waals surface area contributed by atoms with E-state index in [-0.39, 0.29) is 49.0 Å². The van der Waals surface area contributed by atoms with Gasteiger partial charge in [0, 0.05) is 17.7 Å². The Morgan fingerprint density at radius 3 is 2.81 bits per heavy atom. The molecule has 42 heavy (non-hydrogen) atoms. The molecule has 1 aliphatic heterocycles. The highest BCUT2D eigenvalue weighted by atomic mass is 32.2. The van der Waals surface area contributed by atoms with E-state index in [4.69, 9.17) is 25.3 Å². The molecule has 2 aromatic rings. The van der Waals surface area contributed by atoms with E-state index in [0.717, 1.165) is 30.2 Å². The zero-order chi connectivity index (χ0) is 30.7. The molecular formula is C26H38N5O8PS2. The number of fused-ring (bicyclic) bond motifs is 1. The maximum absolute atomic E-state index is 13.8. The van der Waals surface area contributed by atoms with Crippen LogP contribution in [0.4, 0.5) is 11.8 Å². The second kappa shape index (κ2) is 13.4. The van der Waals surface area contributed by atoms with Gasteiger partial charge >= 0.3 is 7.75 Å². The molecule has 0 saturated carbocycles. The van der Waals surface area contributed by atoms with Gasteiger partial charge in [0.25, 0.3) is 0 Å². The summed E-state index contributed by atoms with van der Waals surface area (Å²) in [5.41, 5.74) is 10.5. The summed E-state index contributed by atoms with van der Waals surface area (Å²) in [6.45, 7) is 4.19. The summed E-state index contributed by atoms with van der Waals surface area (Å²) in [7, 11) is -3.96. The van der Waals surface area contributed by atoms with Crippen LogP contribution in [0.5, 0.6) is 0 Å². The van der Waals surface area contributed by atoms with Gasteiger partial charge < -0.3 is 31.5 Å². The molecule has 2 aromatic heterocycles. The van der Waals surface area contributed by atoms with Crippen LogP contribution in [0, 0.1) is 5.41 Å². The number of rotatable bonds is 13. The summed E-state index contributed by atoms with van der Waals surface area (Å²) in [4.78, 5) is 21.0. The maximum Gasteiger partial charge on any atom is 0.405 e. The standard InChI is InChI=1S/C26H38N5O8PS2/c1-25(2,14-32)23(34)41-10-9-37-40(36,29-11-15-7-5-4-6-8-15)38-12-17-20(33)26(3,35)21(39-17)19-18-16(13-42-19)22(27)31-24(28)30-18/h4-5,7,13,17,20-21,32-33,35H,6,8-12,14H2,1-3H3,(H,29,36)(H4,27,28,30,31)/t17-,20-,21+,26-,40?/m1/s1. The normalized spacial score (nSPS) is 26.0. The first-order valence-electron chi connectivity index (χ1n) is 13.4. The Kier molecular flexibility index (Phi) is 10.5. The Morgan fingerprint density at radius 2 is 2.12 bits per heavy atom. The predicted molar refractivity (Wildman–Crippen MR) is 163 cm³/mol. The van der Waals surface area contributed by atoms with Crippen molar-refractivity contribution in [3.8, 4) is 0 Å². The summed E-state index contributed by atoms with van der Waals surface area (Å²) in [6.07, 6.45) is 4.02. The predicted octanol–water partition coefficient (Wildman–Crippen LogP) is 2.69. The van der Waals surface area contributed by atoms with Crippen LogP contribution in [0.25, 0.3) is 10.9 Å². The number of nitrogens with two attached hydrogens (primary N) is 2. The van der Waals surface area contributed by atoms with Gasteiger partial charge in [-0.1, -0.05) is 35.6 Å². The third-order valence-electron chi connectivity index (χ3n) is 7.09. The van der Waals surface area contributed by atoms with Crippen molar-refractivity contribution >= 4 is 58.6 Å². The fraction of sp³-hybridized carbons (Fsp3) is 0.577. The highest BCUT2D eigenvalue weighted by molar-refractivity contribution is 8.13. The molecule has 4 rings (SSSR count). The van der Waals surface area contributed by atoms with E-state index >= 15 is 0 Å². The average molecular weight is 644 g/mol. The minimum absolute atomic E-state index is 0.0368. The van der Waals surface area contributed by atoms with Crippen molar-refractivity contribution in [1.82, 2.24) is 15.1 Å². The molecule has 1 aliphatic carbocycles. The van der Waals surface area contributed by atoms with E-state index in [0.29, 0.717) is 15.8 Å². The third kappa shape index (κ3) is 7.41. The van der Waals surface area contributed by atoms with Gasteiger partial charge in [-0.3, -0.25) is 13.8 Å². The minimum Gasteiger partial charge on any atom is -0.395 e. The molecule has 0 radical (unpaired) electrons. The number of ether oxygens (including phenoxy) is 1. The van der Waals surface area contributed by atoms with Crippen molar-refractivity contribution in [1.29, 1.82) is 0 Å². The number of aromatic nitrogens is 2. The third-order valence-corrected chi connectivity index (χ3v) is 10.9. The minimum atomic E-state index is -3.96. The van der Waals surface area contributed by atoms with Crippen LogP contribution in [0.2, 0.25) is 0 Å². The SMILES string of the molecule is CC(C)(CO)C(=O)SCCOP(=O)(NCC1=CC=CCC1)OC[C@H]1O[C@@H](c2scc3c(N)nc(N)nc23)[C@](C)(O)[C@@H]1O. The number of aliphatic hydroxyl groups is 3. The number of anilines is 2. The Morgan fingerprint density at radius 1 is 1.36 bits per heavy atom. The Hall–Kier alpha value is -1.91. The molecule has 0 aromatic carbocycles. The summed E-state index contributed by atoms with van der Waals surface area (Å²) in [6, 6.07) is 0. The molecule has 0 spiro atoms. The number of hydrogen-bond donors (Lipinski definition) is 6. The lowest BCUT2D eigenvalue weighted by Crippen LogP contribution is -2.43. The summed E-state index contributed by atoms with van der Waals surface area (Å²) < 4.78 is 31.2. The molecule has 1 fully saturated rings. The van der Waals surface area contributed by atoms with E-state index in [9.17, 15) is 24.7 Å². The fourth-order valence-corrected chi connectivity index (χ4v) is 7.82. The Bertz CT molecular complexity index is 1400. The first kappa shape index (κ1) is 33.0. The van der Waals surface area contributed by atoms with Gasteiger partial charge in [0.1, 0.15) is 29.7 Å². The lowest BCUT2D eigenvalue weighted by atomic mass is 9.92. The molecule has 232 valence electrons. The molecule has 16 heteroatoms. The number of thioether (sulfide) groups is 1. The zero-order valence-electron chi connectivity index (χ0n) is 23.7. The van der Waals surface area contributed by atoms with Gasteiger partial charge in [-0.25, -0.2) is 14.6 Å². The number of nitrogens with zero attached hydrogens (tertiary/aromatic N) is 2. The molecular weight excluding hydrogens is 605 g/mol. The quantitative estimate of drug-likeness (QED) is 0.137. The molecule has 3 heterocycles. The summed E-state index contributed by atoms with van der Waals surface area (Å²) in [5, 5.41) is 36.6. The van der Waals surface area contributed by atoms with E-state index in [2.05, 4.69) is 15.1 Å². The van der Waals surface area contributed by atoms with Gasteiger partial charge in [0.2, 0.25) is 5.95 Å². The van der Waals surface area contributed by atoms with Crippen LogP contribution in [-0.4, -0.2) is 80.3 Å². The number of carbonyl (C=O) groups excluding carboxylic acids is 1. The molecule has 13 nitrogen and oxygen atoms in total. The van der Waals surface area contributed by atoms with Gasteiger partial charge in [-0.2, -0.15) is 4.98 Å². The number of allylic oxidation sites excluding steroid dienone is 3. The van der Waals surface area contributed by atoms with Crippen molar-refractivity contribution in [2.45, 2.75) is 57.5 Å². The maximum atomic E-state index is 13.8. The first-order chi connectivity index (χ1) is 19.8. The van der Waals surface area contributed by atoms with Crippen molar-refractivity contribution in [2.75, 3.05) is 43.6 Å². The molecule has 8 N–H and O–H groups in total. The molecule has 2 aliphatic rings. The number of nitrogens with one attached hydrogen (secondary N) is 1. The van der Waals surface area contributed by atoms with Crippen LogP contribution in [-0.2, 0) is 23.1 Å². The van der Waals surface area contributed by atoms with Crippen molar-refractivity contribution in [3.05, 3.63) is 34.1 Å². The Labute approximate surface area is 252 Å². The van der Waals surface area contributed by atoms with Crippen LogP contribution in [0.3, 0.4) is 0 Å². The highest BCUT2D eigenvalue weighted by Crippen LogP contribution is 2.49. The number of hydrogen-bond acceptors (Lipinski definition) is 14. The van der Waals surface area contributed by atoms with Crippen molar-refractivity contribution in [3.63, 3.8) is 0 Å². The zero-order valence-corrected chi connectivity index (χ0v) is 26.2. The van der Waals surface area contributed by atoms with Gasteiger partial charge in [-0.15, -0.1) is 11.3 Å². The molecule has 0 bridgehead atoms. The second-order valence-corrected chi connectivity index (χ2v) is 14.8. The lowest BCUT2D eigenvalue weighted by Gasteiger charge is -2.26. The second-order valence-electron chi connectivity index (χ2n) is 11.0. The molecule has 0 amide bonds. The van der Waals surface area contributed by atoms with Gasteiger partial charge in [-0.05, 0) is 33.6 Å². The topological polar surface area (TPSA) is 212 Å². The van der Waals surface area contributed by atoms with Crippen LogP contribution in [0.1, 0.15) is 44.6 Å². The van der Waals surface area contributed by atoms with Crippen LogP contribution < -0.4 is 16.6 Å². The number of aliphatic hydroxyl groups excluding tert-OH is 2. The monoisotopic (exact) mass is 643 g/mol. The number of nitrogen functional groups attached to an aromatic ring is 2. The molecule has 5 atom stereocenters. The fourth-order valence-electron chi connectivity index (χ4n) is 4.40. The first-order valence-corrected chi connectivity index (χ1v) is 16.8. The van der Waals surface area contributed by atoms with Crippen LogP contribution in [0.15, 0.2) is 29.2 Å². The van der Waals surface area contributed by atoms with Crippen molar-refractivity contribution < 1.29 is 38.5 Å². The molecule has 1 saturated heterocycles. The van der Waals surface area contributed by atoms with E-state index in [1.165, 1.54) is 18.3 Å². The van der Waals surface area contributed by atoms with E-state index in [1.807, 2.05) is 18.2 Å². The summed E-state index contributed by atoms with van der Waals surface area (Å²) in [5.74, 6) is 0.331. The number of carbonyl (C=O) groups is 1. The largest absolute Gasteiger partial charge is 0.405 e. The Balaban J connectivity index is 1.45. The average Bonchev–Trinajstić information content (AvgIpc) is 3.47. The smallest absolute Gasteiger partial charge is 0.395 e. The van der Waals surface area contributed by atoms with Gasteiger partial charge in [0.15, 0.2) is 5.12 Å². The molecule has 1 unspecified atom stereocenters. The van der Waals surface area contributed by atoms with Crippen molar-refractivity contribution in [2.24, 2.45) is 5.41 Å².